The number of carbonyl (C=O) groups is 1. The summed E-state index contributed by atoms with van der Waals surface area (Å²) >= 11 is 0. The Morgan fingerprint density at radius 3 is 2.69 bits per heavy atom. The molecule has 0 aliphatic carbocycles. The smallest absolute Gasteiger partial charge is 0.387 e. The molecule has 0 aliphatic rings. The molecule has 3 N–H and O–H groups in total. The second-order valence-corrected chi connectivity index (χ2v) is 5.20. The van der Waals surface area contributed by atoms with Gasteiger partial charge in [0, 0.05) is 28.9 Å². The van der Waals surface area contributed by atoms with Crippen LogP contribution < -0.4 is 10.1 Å². The predicted molar refractivity (Wildman–Crippen MR) is 88.3 cm³/mol. The summed E-state index contributed by atoms with van der Waals surface area (Å²) in [6.45, 7) is -2.97. The lowest BCUT2D eigenvalue weighted by Crippen LogP contribution is -2.02. The summed E-state index contributed by atoms with van der Waals surface area (Å²) in [5.74, 6) is -1.34. The number of nitrogens with zero attached hydrogens (tertiary/aromatic N) is 1. The molecule has 134 valence electrons. The quantitative estimate of drug-likeness (QED) is 0.448. The van der Waals surface area contributed by atoms with E-state index in [2.05, 4.69) is 15.0 Å². The second-order valence-electron chi connectivity index (χ2n) is 5.20. The van der Waals surface area contributed by atoms with Crippen molar-refractivity contribution in [1.29, 1.82) is 0 Å². The van der Waals surface area contributed by atoms with Crippen molar-refractivity contribution in [2.24, 2.45) is 0 Å². The Morgan fingerprint density at radius 1 is 1.27 bits per heavy atom. The van der Waals surface area contributed by atoms with Gasteiger partial charge in [0.1, 0.15) is 17.0 Å². The minimum atomic E-state index is -2.97. The number of carboxylic acids is 1. The first-order valence-corrected chi connectivity index (χ1v) is 7.20. The highest BCUT2D eigenvalue weighted by Gasteiger charge is 2.19. The van der Waals surface area contributed by atoms with Crippen molar-refractivity contribution in [1.82, 2.24) is 4.98 Å². The van der Waals surface area contributed by atoms with Gasteiger partial charge in [-0.15, -0.1) is 0 Å². The molecule has 26 heavy (non-hydrogen) atoms. The summed E-state index contributed by atoms with van der Waals surface area (Å²) < 4.78 is 29.0. The Kier molecular flexibility index (Phi) is 4.40. The molecule has 0 unspecified atom stereocenters. The van der Waals surface area contributed by atoms with E-state index < -0.39 is 17.5 Å². The lowest BCUT2D eigenvalue weighted by atomic mass is 10.1. The largest absolute Gasteiger partial charge is 0.477 e. The van der Waals surface area contributed by atoms with Crippen molar-refractivity contribution in [3.8, 4) is 5.75 Å². The maximum Gasteiger partial charge on any atom is 0.387 e. The van der Waals surface area contributed by atoms with Crippen LogP contribution in [0, 0.1) is 10.1 Å². The number of hydrogen-bond donors (Lipinski definition) is 3. The van der Waals surface area contributed by atoms with Crippen molar-refractivity contribution in [2.45, 2.75) is 6.61 Å². The van der Waals surface area contributed by atoms with Crippen LogP contribution >= 0.6 is 0 Å². The van der Waals surface area contributed by atoms with E-state index in [1.54, 1.807) is 6.07 Å². The summed E-state index contributed by atoms with van der Waals surface area (Å²) in [4.78, 5) is 24.2. The molecule has 10 heteroatoms. The third-order valence-corrected chi connectivity index (χ3v) is 3.54. The van der Waals surface area contributed by atoms with Crippen molar-refractivity contribution >= 4 is 33.9 Å². The summed E-state index contributed by atoms with van der Waals surface area (Å²) in [7, 11) is 0. The first-order chi connectivity index (χ1) is 12.3. The van der Waals surface area contributed by atoms with E-state index in [0.29, 0.717) is 11.4 Å². The maximum absolute atomic E-state index is 12.3. The molecule has 0 radical (unpaired) electrons. The number of rotatable bonds is 6. The number of alkyl halides is 2. The van der Waals surface area contributed by atoms with Gasteiger partial charge in [-0.25, -0.2) is 4.79 Å². The number of aromatic carboxylic acids is 1. The molecule has 1 heterocycles. The highest BCUT2D eigenvalue weighted by molar-refractivity contribution is 6.03. The third-order valence-electron chi connectivity index (χ3n) is 3.54. The van der Waals surface area contributed by atoms with E-state index in [-0.39, 0.29) is 28.0 Å². The number of carboxylic acid groups (broad SMARTS) is 1. The Hall–Kier alpha value is -3.69. The van der Waals surface area contributed by atoms with E-state index in [9.17, 15) is 23.7 Å². The highest BCUT2D eigenvalue weighted by Crippen LogP contribution is 2.34. The summed E-state index contributed by atoms with van der Waals surface area (Å²) in [6.07, 6.45) is 0. The van der Waals surface area contributed by atoms with Gasteiger partial charge in [-0.05, 0) is 24.3 Å². The molecule has 0 spiro atoms. The molecule has 3 aromatic rings. The number of nitro benzene ring substituents is 1. The average molecular weight is 363 g/mol. The normalized spacial score (nSPS) is 10.9. The maximum atomic E-state index is 12.3. The topological polar surface area (TPSA) is 117 Å². The fourth-order valence-electron chi connectivity index (χ4n) is 2.49. The van der Waals surface area contributed by atoms with Crippen LogP contribution in [0.5, 0.6) is 5.75 Å². The molecule has 1 aromatic heterocycles. The number of benzene rings is 2. The summed E-state index contributed by atoms with van der Waals surface area (Å²) in [5, 5.41) is 23.4. The first-order valence-electron chi connectivity index (χ1n) is 7.20. The number of ether oxygens (including phenoxy) is 1. The van der Waals surface area contributed by atoms with Gasteiger partial charge in [-0.3, -0.25) is 10.1 Å². The average Bonchev–Trinajstić information content (AvgIpc) is 3.00. The fourth-order valence-corrected chi connectivity index (χ4v) is 2.49. The predicted octanol–water partition coefficient (Wildman–Crippen LogP) is 4.12. The van der Waals surface area contributed by atoms with Crippen LogP contribution in [-0.4, -0.2) is 27.6 Å². The van der Waals surface area contributed by atoms with Gasteiger partial charge in [0.2, 0.25) is 0 Å². The van der Waals surface area contributed by atoms with Crippen LogP contribution in [0.4, 0.5) is 25.8 Å². The highest BCUT2D eigenvalue weighted by atomic mass is 19.3. The molecule has 0 fully saturated rings. The van der Waals surface area contributed by atoms with Crippen molar-refractivity contribution < 1.29 is 28.3 Å². The SMILES string of the molecule is O=C(O)c1cc2c(Nc3cccc(OC(F)F)c3)ccc([N+](=O)[O-])c2[nH]1. The van der Waals surface area contributed by atoms with Gasteiger partial charge >= 0.3 is 12.6 Å². The summed E-state index contributed by atoms with van der Waals surface area (Å²) in [5.41, 5.74) is 0.289. The molecule has 0 atom stereocenters. The lowest BCUT2D eigenvalue weighted by molar-refractivity contribution is -0.383. The number of aromatic nitrogens is 1. The zero-order valence-electron chi connectivity index (χ0n) is 12.9. The number of anilines is 2. The van der Waals surface area contributed by atoms with Crippen molar-refractivity contribution in [3.05, 3.63) is 58.3 Å². The molecular formula is C16H11F2N3O5. The van der Waals surface area contributed by atoms with Crippen molar-refractivity contribution in [3.63, 3.8) is 0 Å². The van der Waals surface area contributed by atoms with Gasteiger partial charge in [0.25, 0.3) is 5.69 Å². The van der Waals surface area contributed by atoms with E-state index >= 15 is 0 Å². The van der Waals surface area contributed by atoms with Gasteiger partial charge in [-0.1, -0.05) is 6.07 Å². The van der Waals surface area contributed by atoms with E-state index in [1.165, 1.54) is 36.4 Å². The van der Waals surface area contributed by atoms with Crippen LogP contribution in [0.3, 0.4) is 0 Å². The molecule has 2 aromatic carbocycles. The number of aromatic amines is 1. The molecular weight excluding hydrogens is 352 g/mol. The van der Waals surface area contributed by atoms with E-state index in [0.717, 1.165) is 0 Å². The number of nitrogens with one attached hydrogen (secondary N) is 2. The number of nitro groups is 1. The van der Waals surface area contributed by atoms with Gasteiger partial charge in [-0.2, -0.15) is 8.78 Å². The van der Waals surface area contributed by atoms with Crippen LogP contribution in [0.1, 0.15) is 10.5 Å². The summed E-state index contributed by atoms with van der Waals surface area (Å²) in [6, 6.07) is 9.62. The Bertz CT molecular complexity index is 1000. The minimum Gasteiger partial charge on any atom is -0.477 e. The van der Waals surface area contributed by atoms with E-state index in [1.807, 2.05) is 0 Å². The molecule has 0 saturated carbocycles. The molecule has 0 bridgehead atoms. The Labute approximate surface area is 144 Å². The molecule has 8 nitrogen and oxygen atoms in total. The zero-order valence-corrected chi connectivity index (χ0v) is 12.9. The number of fused-ring (bicyclic) bond motifs is 1. The number of hydrogen-bond acceptors (Lipinski definition) is 5. The zero-order chi connectivity index (χ0) is 18.8. The first kappa shape index (κ1) is 17.1. The number of non-ortho nitro benzene ring substituents is 1. The van der Waals surface area contributed by atoms with Crippen LogP contribution in [0.15, 0.2) is 42.5 Å². The Balaban J connectivity index is 2.04. The van der Waals surface area contributed by atoms with Gasteiger partial charge < -0.3 is 20.1 Å². The third kappa shape index (κ3) is 3.38. The second kappa shape index (κ2) is 6.67. The fraction of sp³-hybridized carbons (Fsp3) is 0.0625. The lowest BCUT2D eigenvalue weighted by Gasteiger charge is -2.10. The molecule has 0 saturated heterocycles. The van der Waals surface area contributed by atoms with E-state index in [4.69, 9.17) is 5.11 Å². The van der Waals surface area contributed by atoms with Crippen LogP contribution in [0.25, 0.3) is 10.9 Å². The molecule has 0 amide bonds. The number of H-pyrrole nitrogens is 1. The molecule has 0 aliphatic heterocycles. The van der Waals surface area contributed by atoms with Crippen LogP contribution in [0.2, 0.25) is 0 Å². The Morgan fingerprint density at radius 2 is 2.04 bits per heavy atom. The van der Waals surface area contributed by atoms with Gasteiger partial charge in [0.15, 0.2) is 0 Å². The van der Waals surface area contributed by atoms with Crippen molar-refractivity contribution in [2.75, 3.05) is 5.32 Å². The number of halogens is 2. The van der Waals surface area contributed by atoms with Crippen LogP contribution in [-0.2, 0) is 0 Å². The molecule has 3 rings (SSSR count). The van der Waals surface area contributed by atoms with Gasteiger partial charge in [0.05, 0.1) is 4.92 Å². The standard InChI is InChI=1S/C16H11F2N3O5/c17-16(18)26-9-3-1-2-8(6-9)19-11-4-5-13(21(24)25)14-10(11)7-12(20-14)15(22)23/h1-7,16,19-20H,(H,22,23). The monoisotopic (exact) mass is 363 g/mol. The minimum absolute atomic E-state index is 0.0392.